The number of hydrogen-bond acceptors (Lipinski definition) is 3. The number of nitrogens with one attached hydrogen (secondary N) is 1. The highest BCUT2D eigenvalue weighted by Gasteiger charge is 2.10. The summed E-state index contributed by atoms with van der Waals surface area (Å²) in [5.41, 5.74) is 0. The van der Waals surface area contributed by atoms with Gasteiger partial charge >= 0.3 is 0 Å². The molecule has 1 rings (SSSR count). The maximum atomic E-state index is 9.15. The van der Waals surface area contributed by atoms with Crippen LogP contribution in [0.5, 0.6) is 0 Å². The van der Waals surface area contributed by atoms with Crippen molar-refractivity contribution in [2.45, 2.75) is 19.8 Å². The van der Waals surface area contributed by atoms with Crippen LogP contribution >= 0.6 is 15.9 Å². The second kappa shape index (κ2) is 3.76. The third-order valence-corrected chi connectivity index (χ3v) is 1.89. The molecule has 11 heavy (non-hydrogen) atoms. The van der Waals surface area contributed by atoms with Crippen LogP contribution in [0.3, 0.4) is 0 Å². The first-order chi connectivity index (χ1) is 5.24. The minimum Gasteiger partial charge on any atom is -0.493 e. The van der Waals surface area contributed by atoms with Gasteiger partial charge in [0.05, 0.1) is 11.0 Å². The van der Waals surface area contributed by atoms with Gasteiger partial charge in [-0.25, -0.2) is 4.99 Å². The van der Waals surface area contributed by atoms with E-state index < -0.39 is 0 Å². The zero-order valence-corrected chi connectivity index (χ0v) is 7.85. The van der Waals surface area contributed by atoms with Crippen LogP contribution in [-0.2, 0) is 0 Å². The van der Waals surface area contributed by atoms with Gasteiger partial charge in [-0.3, -0.25) is 0 Å². The smallest absolute Gasteiger partial charge is 0.225 e. The van der Waals surface area contributed by atoms with Gasteiger partial charge in [-0.15, -0.1) is 0 Å². The largest absolute Gasteiger partial charge is 0.493 e. The first-order valence-electron chi connectivity index (χ1n) is 3.50. The number of aliphatic hydroxyl groups is 1. The van der Waals surface area contributed by atoms with E-state index in [0.29, 0.717) is 4.48 Å². The summed E-state index contributed by atoms with van der Waals surface area (Å²) in [5.74, 6) is 0.861. The van der Waals surface area contributed by atoms with E-state index in [2.05, 4.69) is 33.2 Å². The summed E-state index contributed by atoms with van der Waals surface area (Å²) in [6.07, 6.45) is 1.88. The maximum Gasteiger partial charge on any atom is 0.225 e. The summed E-state index contributed by atoms with van der Waals surface area (Å²) in [6.45, 7) is 3.75. The van der Waals surface area contributed by atoms with Crippen LogP contribution in [0.4, 0.5) is 0 Å². The van der Waals surface area contributed by atoms with Crippen LogP contribution in [0.25, 0.3) is 0 Å². The zero-order chi connectivity index (χ0) is 8.27. The van der Waals surface area contributed by atoms with Gasteiger partial charge in [-0.2, -0.15) is 0 Å². The number of aliphatic imine (C=N–C) groups is 1. The summed E-state index contributed by atoms with van der Waals surface area (Å²) < 4.78 is 0.595. The number of hydrogen-bond donors (Lipinski definition) is 2. The highest BCUT2D eigenvalue weighted by atomic mass is 79.9. The summed E-state index contributed by atoms with van der Waals surface area (Å²) >= 11 is 3.14. The minimum atomic E-state index is 0.0483. The molecule has 1 aliphatic heterocycles. The van der Waals surface area contributed by atoms with Crippen molar-refractivity contribution in [1.82, 2.24) is 5.32 Å². The number of halogens is 1. The topological polar surface area (TPSA) is 44.6 Å². The third kappa shape index (κ3) is 2.22. The Morgan fingerprint density at radius 2 is 2.45 bits per heavy atom. The molecule has 0 saturated carbocycles. The fourth-order valence-electron chi connectivity index (χ4n) is 0.790. The lowest BCUT2D eigenvalue weighted by Crippen LogP contribution is -2.24. The van der Waals surface area contributed by atoms with Gasteiger partial charge < -0.3 is 10.4 Å². The zero-order valence-electron chi connectivity index (χ0n) is 6.26. The van der Waals surface area contributed by atoms with E-state index in [1.54, 1.807) is 6.54 Å². The average molecular weight is 218 g/mol. The molecule has 3 nitrogen and oxygen atoms in total. The van der Waals surface area contributed by atoms with Gasteiger partial charge in [0, 0.05) is 6.42 Å². The van der Waals surface area contributed by atoms with Crippen LogP contribution in [0.15, 0.2) is 15.4 Å². The Balaban J connectivity index is 2.64. The van der Waals surface area contributed by atoms with Crippen LogP contribution in [0.1, 0.15) is 19.8 Å². The molecule has 0 aliphatic carbocycles. The predicted molar refractivity (Wildman–Crippen MR) is 48.4 cm³/mol. The van der Waals surface area contributed by atoms with Crippen LogP contribution in [0, 0.1) is 6.54 Å². The van der Waals surface area contributed by atoms with Crippen LogP contribution in [0.2, 0.25) is 0 Å². The Bertz CT molecular complexity index is 206. The lowest BCUT2D eigenvalue weighted by atomic mass is 10.3. The highest BCUT2D eigenvalue weighted by Crippen LogP contribution is 2.17. The number of rotatable bonds is 2. The molecule has 2 N–H and O–H groups in total. The van der Waals surface area contributed by atoms with E-state index in [-0.39, 0.29) is 5.88 Å². The molecule has 0 fully saturated rings. The normalized spacial score (nSPS) is 17.8. The molecule has 0 saturated heterocycles. The third-order valence-electron chi connectivity index (χ3n) is 1.31. The van der Waals surface area contributed by atoms with Crippen molar-refractivity contribution < 1.29 is 5.11 Å². The van der Waals surface area contributed by atoms with Crippen molar-refractivity contribution in [3.05, 3.63) is 16.9 Å². The standard InChI is InChI=1S/C7H10BrN2O/c1-2-3-6-9-4-5(8)7(11)10-6/h4,11H,2-3H2,1H3,(H,9,10). The van der Waals surface area contributed by atoms with E-state index in [0.717, 1.165) is 18.7 Å². The van der Waals surface area contributed by atoms with Gasteiger partial charge in [0.25, 0.3) is 0 Å². The van der Waals surface area contributed by atoms with Gasteiger partial charge in [-0.1, -0.05) is 6.92 Å². The first kappa shape index (κ1) is 8.59. The van der Waals surface area contributed by atoms with Crippen molar-refractivity contribution in [2.24, 2.45) is 4.99 Å². The fourth-order valence-corrected chi connectivity index (χ4v) is 0.993. The van der Waals surface area contributed by atoms with Crippen molar-refractivity contribution in [2.75, 3.05) is 0 Å². The lowest BCUT2D eigenvalue weighted by molar-refractivity contribution is 0.401. The SMILES string of the molecule is CCCC1=NC(O)=C(Br)[CH]N1. The molecular formula is C7H10BrN2O. The molecule has 1 radical (unpaired) electrons. The quantitative estimate of drug-likeness (QED) is 0.745. The van der Waals surface area contributed by atoms with E-state index in [9.17, 15) is 0 Å². The molecule has 0 aromatic heterocycles. The maximum absolute atomic E-state index is 9.15. The predicted octanol–water partition coefficient (Wildman–Crippen LogP) is 2.07. The van der Waals surface area contributed by atoms with E-state index in [1.807, 2.05) is 0 Å². The van der Waals surface area contributed by atoms with Crippen LogP contribution < -0.4 is 5.32 Å². The molecule has 0 unspecified atom stereocenters. The summed E-state index contributed by atoms with van der Waals surface area (Å²) in [6, 6.07) is 0. The molecule has 0 atom stereocenters. The monoisotopic (exact) mass is 217 g/mol. The highest BCUT2D eigenvalue weighted by molar-refractivity contribution is 9.11. The van der Waals surface area contributed by atoms with E-state index in [4.69, 9.17) is 5.11 Å². The Hall–Kier alpha value is -0.510. The summed E-state index contributed by atoms with van der Waals surface area (Å²) in [7, 11) is 0. The Kier molecular flexibility index (Phi) is 2.93. The second-order valence-electron chi connectivity index (χ2n) is 2.27. The van der Waals surface area contributed by atoms with Crippen molar-refractivity contribution in [1.29, 1.82) is 0 Å². The first-order valence-corrected chi connectivity index (χ1v) is 4.29. The average Bonchev–Trinajstić information content (AvgIpc) is 1.98. The summed E-state index contributed by atoms with van der Waals surface area (Å²) in [4.78, 5) is 3.92. The van der Waals surface area contributed by atoms with Gasteiger partial charge in [-0.05, 0) is 22.4 Å². The van der Waals surface area contributed by atoms with Crippen molar-refractivity contribution in [3.63, 3.8) is 0 Å². The number of aliphatic hydroxyl groups excluding tert-OH is 1. The Morgan fingerprint density at radius 1 is 1.73 bits per heavy atom. The molecule has 1 aliphatic rings. The van der Waals surface area contributed by atoms with Gasteiger partial charge in [0.2, 0.25) is 5.88 Å². The number of nitrogens with zero attached hydrogens (tertiary/aromatic N) is 1. The van der Waals surface area contributed by atoms with E-state index in [1.165, 1.54) is 0 Å². The molecule has 0 aromatic rings. The fraction of sp³-hybridized carbons (Fsp3) is 0.429. The Labute approximate surface area is 74.3 Å². The molecule has 0 amide bonds. The summed E-state index contributed by atoms with van der Waals surface area (Å²) in [5, 5.41) is 12.1. The molecule has 4 heteroatoms. The van der Waals surface area contributed by atoms with Crippen molar-refractivity contribution in [3.8, 4) is 0 Å². The Morgan fingerprint density at radius 3 is 3.00 bits per heavy atom. The molecule has 0 aromatic carbocycles. The van der Waals surface area contributed by atoms with Gasteiger partial charge in [0.1, 0.15) is 5.84 Å². The van der Waals surface area contributed by atoms with Gasteiger partial charge in [0.15, 0.2) is 0 Å². The van der Waals surface area contributed by atoms with Crippen molar-refractivity contribution >= 4 is 21.8 Å². The number of amidine groups is 1. The second-order valence-corrected chi connectivity index (χ2v) is 3.12. The van der Waals surface area contributed by atoms with Crippen LogP contribution in [-0.4, -0.2) is 10.9 Å². The molecule has 61 valence electrons. The molecular weight excluding hydrogens is 208 g/mol. The van der Waals surface area contributed by atoms with E-state index >= 15 is 0 Å². The minimum absolute atomic E-state index is 0.0483. The lowest BCUT2D eigenvalue weighted by Gasteiger charge is -2.13. The molecule has 0 spiro atoms. The molecule has 0 bridgehead atoms. The molecule has 1 heterocycles.